The highest BCUT2D eigenvalue weighted by Crippen LogP contribution is 2.42. The molecule has 0 unspecified atom stereocenters. The van der Waals surface area contributed by atoms with E-state index in [2.05, 4.69) is 15.3 Å². The van der Waals surface area contributed by atoms with Crippen LogP contribution in [0.2, 0.25) is 0 Å². The van der Waals surface area contributed by atoms with E-state index in [0.717, 1.165) is 0 Å². The zero-order valence-corrected chi connectivity index (χ0v) is 14.2. The van der Waals surface area contributed by atoms with Crippen molar-refractivity contribution in [2.24, 2.45) is 0 Å². The number of alkyl halides is 3. The van der Waals surface area contributed by atoms with Gasteiger partial charge in [0.25, 0.3) is 0 Å². The van der Waals surface area contributed by atoms with Crippen molar-refractivity contribution in [3.05, 3.63) is 40.0 Å². The van der Waals surface area contributed by atoms with E-state index in [1.54, 1.807) is 12.1 Å². The first kappa shape index (κ1) is 19.1. The largest absolute Gasteiger partial charge is 0.481 e. The molecule has 0 radical (unpaired) electrons. The first-order valence-electron chi connectivity index (χ1n) is 7.13. The summed E-state index contributed by atoms with van der Waals surface area (Å²) in [6, 6.07) is 3.18. The van der Waals surface area contributed by atoms with E-state index in [1.807, 2.05) is 0 Å². The number of thiazole rings is 1. The number of rotatable bonds is 6. The number of ether oxygens (including phenoxy) is 1. The standard InChI is InChI=1S/C15H16F3N3O3S/c1-9-8-25-13(21-9)14(23,15(16,17)18)5-11(22)19-6-10-3-4-12(24-2)20-7-10/h3-4,7-8,23H,5-6H2,1-2H3,(H,19,22)/t14-/m0/s1. The van der Waals surface area contributed by atoms with Crippen molar-refractivity contribution in [2.75, 3.05) is 7.11 Å². The highest BCUT2D eigenvalue weighted by atomic mass is 32.1. The minimum Gasteiger partial charge on any atom is -0.481 e. The molecule has 1 amide bonds. The number of amides is 1. The van der Waals surface area contributed by atoms with Gasteiger partial charge in [-0.05, 0) is 12.5 Å². The van der Waals surface area contributed by atoms with Crippen LogP contribution in [0, 0.1) is 6.92 Å². The topological polar surface area (TPSA) is 84.3 Å². The molecule has 2 N–H and O–H groups in total. The third-order valence-corrected chi connectivity index (χ3v) is 4.47. The molecule has 0 spiro atoms. The molecule has 0 aromatic carbocycles. The summed E-state index contributed by atoms with van der Waals surface area (Å²) < 4.78 is 44.8. The smallest absolute Gasteiger partial charge is 0.424 e. The minimum absolute atomic E-state index is 0.0271. The van der Waals surface area contributed by atoms with Crippen LogP contribution in [0.5, 0.6) is 5.88 Å². The van der Waals surface area contributed by atoms with Gasteiger partial charge in [0.05, 0.1) is 13.5 Å². The van der Waals surface area contributed by atoms with Crippen LogP contribution in [0.4, 0.5) is 13.2 Å². The third kappa shape index (κ3) is 4.45. The number of nitrogens with zero attached hydrogens (tertiary/aromatic N) is 2. The predicted molar refractivity (Wildman–Crippen MR) is 84.1 cm³/mol. The number of carbonyl (C=O) groups is 1. The first-order chi connectivity index (χ1) is 11.7. The van der Waals surface area contributed by atoms with E-state index in [1.165, 1.54) is 25.6 Å². The number of aromatic nitrogens is 2. The van der Waals surface area contributed by atoms with Crippen LogP contribution in [0.1, 0.15) is 22.7 Å². The van der Waals surface area contributed by atoms with E-state index in [4.69, 9.17) is 4.74 Å². The fourth-order valence-corrected chi connectivity index (χ4v) is 2.89. The molecule has 0 aliphatic carbocycles. The van der Waals surface area contributed by atoms with E-state index in [-0.39, 0.29) is 6.54 Å². The van der Waals surface area contributed by atoms with Crippen LogP contribution < -0.4 is 10.1 Å². The molecule has 2 aromatic heterocycles. The monoisotopic (exact) mass is 375 g/mol. The summed E-state index contributed by atoms with van der Waals surface area (Å²) in [6.45, 7) is 1.48. The molecule has 0 aliphatic heterocycles. The summed E-state index contributed by atoms with van der Waals surface area (Å²) >= 11 is 0.659. The number of aryl methyl sites for hydroxylation is 1. The molecule has 25 heavy (non-hydrogen) atoms. The van der Waals surface area contributed by atoms with Gasteiger partial charge in [-0.2, -0.15) is 13.2 Å². The lowest BCUT2D eigenvalue weighted by molar-refractivity contribution is -0.267. The number of carbonyl (C=O) groups excluding carboxylic acids is 1. The minimum atomic E-state index is -5.03. The number of hydrogen-bond donors (Lipinski definition) is 2. The third-order valence-electron chi connectivity index (χ3n) is 3.35. The van der Waals surface area contributed by atoms with Gasteiger partial charge < -0.3 is 15.2 Å². The number of pyridine rings is 1. The number of aliphatic hydroxyl groups is 1. The Labute approximate surface area is 145 Å². The Morgan fingerprint density at radius 3 is 2.60 bits per heavy atom. The average molecular weight is 375 g/mol. The Balaban J connectivity index is 2.07. The van der Waals surface area contributed by atoms with Crippen LogP contribution in [0.3, 0.4) is 0 Å². The molecule has 2 heterocycles. The molecule has 0 aliphatic rings. The van der Waals surface area contributed by atoms with Crippen LogP contribution in [-0.2, 0) is 16.9 Å². The lowest BCUT2D eigenvalue weighted by Crippen LogP contribution is -2.46. The summed E-state index contributed by atoms with van der Waals surface area (Å²) in [4.78, 5) is 19.6. The van der Waals surface area contributed by atoms with E-state index < -0.39 is 29.1 Å². The Bertz CT molecular complexity index is 734. The van der Waals surface area contributed by atoms with Crippen LogP contribution in [0.25, 0.3) is 0 Å². The second-order valence-corrected chi connectivity index (χ2v) is 6.17. The fourth-order valence-electron chi connectivity index (χ4n) is 1.97. The molecule has 0 fully saturated rings. The van der Waals surface area contributed by atoms with Gasteiger partial charge >= 0.3 is 6.18 Å². The first-order valence-corrected chi connectivity index (χ1v) is 8.01. The van der Waals surface area contributed by atoms with Gasteiger partial charge in [0.2, 0.25) is 17.4 Å². The Morgan fingerprint density at radius 2 is 2.12 bits per heavy atom. The molecule has 136 valence electrons. The van der Waals surface area contributed by atoms with Crippen LogP contribution >= 0.6 is 11.3 Å². The summed E-state index contributed by atoms with van der Waals surface area (Å²) in [7, 11) is 1.45. The lowest BCUT2D eigenvalue weighted by Gasteiger charge is -2.27. The molecule has 1 atom stereocenters. The number of halogens is 3. The molecule has 0 saturated heterocycles. The summed E-state index contributed by atoms with van der Waals surface area (Å²) in [6.07, 6.45) is -4.78. The zero-order chi connectivity index (χ0) is 18.7. The van der Waals surface area contributed by atoms with E-state index in [0.29, 0.717) is 28.5 Å². The van der Waals surface area contributed by atoms with Gasteiger partial charge in [-0.25, -0.2) is 9.97 Å². The van der Waals surface area contributed by atoms with Gasteiger partial charge in [0.1, 0.15) is 5.01 Å². The number of nitrogens with one attached hydrogen (secondary N) is 1. The maximum absolute atomic E-state index is 13.3. The normalized spacial score (nSPS) is 14.0. The molecular formula is C15H16F3N3O3S. The van der Waals surface area contributed by atoms with Crippen LogP contribution in [0.15, 0.2) is 23.7 Å². The molecule has 10 heteroatoms. The van der Waals surface area contributed by atoms with Crippen molar-refractivity contribution in [2.45, 2.75) is 31.7 Å². The molecule has 0 bridgehead atoms. The van der Waals surface area contributed by atoms with Gasteiger partial charge in [0.15, 0.2) is 0 Å². The molecule has 6 nitrogen and oxygen atoms in total. The second-order valence-electron chi connectivity index (χ2n) is 5.31. The highest BCUT2D eigenvalue weighted by Gasteiger charge is 2.58. The Hall–Kier alpha value is -2.20. The fraction of sp³-hybridized carbons (Fsp3) is 0.400. The summed E-state index contributed by atoms with van der Waals surface area (Å²) in [5, 5.41) is 13.3. The average Bonchev–Trinajstić information content (AvgIpc) is 2.99. The maximum Gasteiger partial charge on any atom is 0.424 e. The van der Waals surface area contributed by atoms with Crippen molar-refractivity contribution in [3.63, 3.8) is 0 Å². The van der Waals surface area contributed by atoms with Crippen molar-refractivity contribution >= 4 is 17.2 Å². The molecule has 2 aromatic rings. The van der Waals surface area contributed by atoms with Gasteiger partial charge in [-0.1, -0.05) is 6.07 Å². The maximum atomic E-state index is 13.3. The Morgan fingerprint density at radius 1 is 1.40 bits per heavy atom. The SMILES string of the molecule is COc1ccc(CNC(=O)C[C@](O)(c2nc(C)cs2)C(F)(F)F)cn1. The molecule has 2 rings (SSSR count). The quantitative estimate of drug-likeness (QED) is 0.810. The summed E-state index contributed by atoms with van der Waals surface area (Å²) in [5.41, 5.74) is -2.41. The molecule has 0 saturated carbocycles. The van der Waals surface area contributed by atoms with E-state index >= 15 is 0 Å². The van der Waals surface area contributed by atoms with Gasteiger partial charge in [-0.3, -0.25) is 4.79 Å². The van der Waals surface area contributed by atoms with Crippen molar-refractivity contribution in [1.29, 1.82) is 0 Å². The van der Waals surface area contributed by atoms with Gasteiger partial charge in [-0.15, -0.1) is 11.3 Å². The molecular weight excluding hydrogens is 359 g/mol. The number of hydrogen-bond acceptors (Lipinski definition) is 6. The van der Waals surface area contributed by atoms with Gasteiger partial charge in [0, 0.05) is 29.9 Å². The van der Waals surface area contributed by atoms with Crippen LogP contribution in [-0.4, -0.2) is 34.3 Å². The van der Waals surface area contributed by atoms with Crippen molar-refractivity contribution in [3.8, 4) is 5.88 Å². The summed E-state index contributed by atoms with van der Waals surface area (Å²) in [5.74, 6) is -0.579. The predicted octanol–water partition coefficient (Wildman–Crippen LogP) is 2.31. The van der Waals surface area contributed by atoms with Crippen molar-refractivity contribution < 1.29 is 27.8 Å². The van der Waals surface area contributed by atoms with E-state index in [9.17, 15) is 23.1 Å². The number of methoxy groups -OCH3 is 1. The lowest BCUT2D eigenvalue weighted by atomic mass is 9.99. The highest BCUT2D eigenvalue weighted by molar-refractivity contribution is 7.09. The second kappa shape index (κ2) is 7.36. The van der Waals surface area contributed by atoms with Crippen molar-refractivity contribution in [1.82, 2.24) is 15.3 Å². The Kier molecular flexibility index (Phi) is 5.63. The zero-order valence-electron chi connectivity index (χ0n) is 13.4.